The SMILES string of the molecule is Cl.O=S(=O)(c1cccc2ccccc12)c1n[nH]c2ccc(OCCN3CCCCC3)cc12. The Morgan fingerprint density at radius 2 is 1.72 bits per heavy atom. The van der Waals surface area contributed by atoms with Crippen LogP contribution < -0.4 is 4.74 Å². The summed E-state index contributed by atoms with van der Waals surface area (Å²) in [4.78, 5) is 2.67. The highest BCUT2D eigenvalue weighted by atomic mass is 35.5. The van der Waals surface area contributed by atoms with Gasteiger partial charge in [-0.25, -0.2) is 8.42 Å². The lowest BCUT2D eigenvalue weighted by molar-refractivity contribution is 0.183. The third kappa shape index (κ3) is 4.33. The first kappa shape index (κ1) is 22.6. The van der Waals surface area contributed by atoms with Gasteiger partial charge in [0.2, 0.25) is 9.84 Å². The maximum absolute atomic E-state index is 13.5. The van der Waals surface area contributed by atoms with Crippen molar-refractivity contribution in [1.29, 1.82) is 0 Å². The minimum Gasteiger partial charge on any atom is -0.492 e. The van der Waals surface area contributed by atoms with Crippen LogP contribution in [0, 0.1) is 0 Å². The number of hydrogen-bond acceptors (Lipinski definition) is 5. The Kier molecular flexibility index (Phi) is 6.69. The summed E-state index contributed by atoms with van der Waals surface area (Å²) in [5.41, 5.74) is 0.669. The maximum Gasteiger partial charge on any atom is 0.226 e. The molecule has 0 saturated carbocycles. The van der Waals surface area contributed by atoms with Gasteiger partial charge >= 0.3 is 0 Å². The molecule has 4 aromatic rings. The second-order valence-corrected chi connectivity index (χ2v) is 9.80. The van der Waals surface area contributed by atoms with Gasteiger partial charge in [-0.1, -0.05) is 42.8 Å². The number of halogens is 1. The number of H-pyrrole nitrogens is 1. The van der Waals surface area contributed by atoms with Gasteiger partial charge in [-0.05, 0) is 55.6 Å². The van der Waals surface area contributed by atoms with Gasteiger partial charge in [-0.2, -0.15) is 5.10 Å². The topological polar surface area (TPSA) is 75.3 Å². The van der Waals surface area contributed by atoms with E-state index in [0.717, 1.165) is 25.0 Å². The monoisotopic (exact) mass is 471 g/mol. The van der Waals surface area contributed by atoms with Crippen LogP contribution in [0.3, 0.4) is 0 Å². The van der Waals surface area contributed by atoms with Crippen LogP contribution in [0.25, 0.3) is 21.7 Å². The Morgan fingerprint density at radius 1 is 0.938 bits per heavy atom. The summed E-state index contributed by atoms with van der Waals surface area (Å²) in [7, 11) is -3.81. The van der Waals surface area contributed by atoms with Gasteiger partial charge in [0.1, 0.15) is 12.4 Å². The van der Waals surface area contributed by atoms with Crippen molar-refractivity contribution >= 4 is 43.9 Å². The molecule has 32 heavy (non-hydrogen) atoms. The lowest BCUT2D eigenvalue weighted by Crippen LogP contribution is -2.33. The van der Waals surface area contributed by atoms with Crippen LogP contribution in [-0.2, 0) is 9.84 Å². The molecular formula is C24H26ClN3O3S. The van der Waals surface area contributed by atoms with Gasteiger partial charge in [0.05, 0.1) is 10.4 Å². The van der Waals surface area contributed by atoms with E-state index in [2.05, 4.69) is 15.1 Å². The second kappa shape index (κ2) is 9.48. The average molecular weight is 472 g/mol. The van der Waals surface area contributed by atoms with Crippen LogP contribution in [0.2, 0.25) is 0 Å². The highest BCUT2D eigenvalue weighted by Gasteiger charge is 2.26. The van der Waals surface area contributed by atoms with Crippen molar-refractivity contribution in [3.05, 3.63) is 60.7 Å². The van der Waals surface area contributed by atoms with Crippen molar-refractivity contribution in [1.82, 2.24) is 15.1 Å². The van der Waals surface area contributed by atoms with E-state index < -0.39 is 9.84 Å². The molecule has 1 aromatic heterocycles. The number of ether oxygens (including phenoxy) is 1. The highest BCUT2D eigenvalue weighted by Crippen LogP contribution is 2.32. The standard InChI is InChI=1S/C24H25N3O3S.ClH/c28-31(29,23-10-6-8-18-7-2-3-9-20(18)23)24-21-17-19(11-12-22(21)25-26-24)30-16-15-27-13-4-1-5-14-27;/h2-3,6-12,17H,1,4-5,13-16H2,(H,25,26);1H. The first-order valence-electron chi connectivity index (χ1n) is 10.7. The van der Waals surface area contributed by atoms with Crippen LogP contribution in [-0.4, -0.2) is 49.8 Å². The summed E-state index contributed by atoms with van der Waals surface area (Å²) in [6.45, 7) is 3.70. The summed E-state index contributed by atoms with van der Waals surface area (Å²) in [6, 6.07) is 18.2. The highest BCUT2D eigenvalue weighted by molar-refractivity contribution is 7.91. The molecule has 1 N–H and O–H groups in total. The van der Waals surface area contributed by atoms with Gasteiger partial charge in [0.15, 0.2) is 5.03 Å². The number of aromatic amines is 1. The molecule has 8 heteroatoms. The molecule has 0 aliphatic carbocycles. The molecule has 0 spiro atoms. The van der Waals surface area contributed by atoms with E-state index in [4.69, 9.17) is 4.74 Å². The lowest BCUT2D eigenvalue weighted by Gasteiger charge is -2.26. The number of rotatable bonds is 6. The van der Waals surface area contributed by atoms with Gasteiger partial charge in [0.25, 0.3) is 0 Å². The molecule has 2 heterocycles. The molecule has 0 amide bonds. The zero-order valence-corrected chi connectivity index (χ0v) is 19.3. The van der Waals surface area contributed by atoms with Gasteiger partial charge in [0, 0.05) is 17.3 Å². The quantitative estimate of drug-likeness (QED) is 0.435. The maximum atomic E-state index is 13.5. The summed E-state index contributed by atoms with van der Waals surface area (Å²) < 4.78 is 33.0. The Morgan fingerprint density at radius 3 is 2.56 bits per heavy atom. The summed E-state index contributed by atoms with van der Waals surface area (Å²) in [5.74, 6) is 0.653. The van der Waals surface area contributed by atoms with Gasteiger partial charge < -0.3 is 4.74 Å². The number of fused-ring (bicyclic) bond motifs is 2. The Hall–Kier alpha value is -2.61. The molecule has 0 bridgehead atoms. The summed E-state index contributed by atoms with van der Waals surface area (Å²) in [6.07, 6.45) is 3.80. The van der Waals surface area contributed by atoms with Crippen LogP contribution in [0.5, 0.6) is 5.75 Å². The van der Waals surface area contributed by atoms with Gasteiger partial charge in [-0.15, -0.1) is 12.4 Å². The molecule has 0 atom stereocenters. The molecule has 1 fully saturated rings. The van der Waals surface area contributed by atoms with E-state index in [1.54, 1.807) is 18.2 Å². The minimum absolute atomic E-state index is 0. The molecule has 0 unspecified atom stereocenters. The van der Waals surface area contributed by atoms with Crippen LogP contribution >= 0.6 is 12.4 Å². The Labute approximate surface area is 193 Å². The number of sulfone groups is 1. The number of piperidine rings is 1. The fraction of sp³-hybridized carbons (Fsp3) is 0.292. The molecule has 1 aliphatic heterocycles. The molecule has 0 radical (unpaired) electrons. The fourth-order valence-corrected chi connectivity index (χ4v) is 5.84. The fourth-order valence-electron chi connectivity index (χ4n) is 4.27. The first-order valence-corrected chi connectivity index (χ1v) is 12.2. The Balaban J connectivity index is 0.00000245. The van der Waals surface area contributed by atoms with Gasteiger partial charge in [-0.3, -0.25) is 10.00 Å². The van der Waals surface area contributed by atoms with E-state index in [0.29, 0.717) is 28.6 Å². The van der Waals surface area contributed by atoms with Crippen LogP contribution in [0.1, 0.15) is 19.3 Å². The third-order valence-electron chi connectivity index (χ3n) is 5.92. The number of likely N-dealkylation sites (tertiary alicyclic amines) is 1. The molecule has 5 rings (SSSR count). The number of hydrogen-bond donors (Lipinski definition) is 1. The summed E-state index contributed by atoms with van der Waals surface area (Å²) in [5, 5.41) is 9.17. The Bertz CT molecular complexity index is 1330. The molecule has 1 saturated heterocycles. The number of nitrogens with zero attached hydrogens (tertiary/aromatic N) is 2. The number of aromatic nitrogens is 2. The van der Waals surface area contributed by atoms with Crippen molar-refractivity contribution in [3.63, 3.8) is 0 Å². The minimum atomic E-state index is -3.81. The van der Waals surface area contributed by atoms with E-state index >= 15 is 0 Å². The zero-order valence-electron chi connectivity index (χ0n) is 17.7. The molecule has 6 nitrogen and oxygen atoms in total. The molecule has 3 aromatic carbocycles. The normalized spacial score (nSPS) is 15.0. The predicted molar refractivity (Wildman–Crippen MR) is 129 cm³/mol. The number of nitrogens with one attached hydrogen (secondary N) is 1. The predicted octanol–water partition coefficient (Wildman–Crippen LogP) is 4.84. The molecular weight excluding hydrogens is 446 g/mol. The van der Waals surface area contributed by atoms with Crippen molar-refractivity contribution < 1.29 is 13.2 Å². The van der Waals surface area contributed by atoms with E-state index in [1.165, 1.54) is 19.3 Å². The van der Waals surface area contributed by atoms with Crippen LogP contribution in [0.15, 0.2) is 70.6 Å². The van der Waals surface area contributed by atoms with Crippen LogP contribution in [0.4, 0.5) is 0 Å². The van der Waals surface area contributed by atoms with Crippen molar-refractivity contribution in [2.24, 2.45) is 0 Å². The van der Waals surface area contributed by atoms with E-state index in [-0.39, 0.29) is 22.3 Å². The van der Waals surface area contributed by atoms with Crippen molar-refractivity contribution in [3.8, 4) is 5.75 Å². The molecule has 168 valence electrons. The molecule has 1 aliphatic rings. The zero-order chi connectivity index (χ0) is 21.3. The average Bonchev–Trinajstić information content (AvgIpc) is 3.23. The van der Waals surface area contributed by atoms with E-state index in [9.17, 15) is 8.42 Å². The summed E-state index contributed by atoms with van der Waals surface area (Å²) >= 11 is 0. The largest absolute Gasteiger partial charge is 0.492 e. The van der Waals surface area contributed by atoms with Crippen molar-refractivity contribution in [2.75, 3.05) is 26.2 Å². The number of benzene rings is 3. The van der Waals surface area contributed by atoms with Crippen molar-refractivity contribution in [2.45, 2.75) is 29.2 Å². The smallest absolute Gasteiger partial charge is 0.226 e. The lowest BCUT2D eigenvalue weighted by atomic mass is 10.1. The first-order chi connectivity index (χ1) is 15.1. The second-order valence-electron chi connectivity index (χ2n) is 7.97. The van der Waals surface area contributed by atoms with E-state index in [1.807, 2.05) is 42.5 Å². The third-order valence-corrected chi connectivity index (χ3v) is 7.67.